The Morgan fingerprint density at radius 1 is 1.20 bits per heavy atom. The molecule has 3 aromatic rings. The van der Waals surface area contributed by atoms with Gasteiger partial charge in [0.15, 0.2) is 5.82 Å². The maximum atomic E-state index is 12.6. The first-order valence-corrected chi connectivity index (χ1v) is 8.76. The van der Waals surface area contributed by atoms with Gasteiger partial charge >= 0.3 is 12.1 Å². The van der Waals surface area contributed by atoms with Crippen LogP contribution in [0.1, 0.15) is 25.2 Å². The quantitative estimate of drug-likeness (QED) is 0.623. The number of aliphatic carboxylic acids is 1. The summed E-state index contributed by atoms with van der Waals surface area (Å²) in [5, 5.41) is 14.5. The highest BCUT2D eigenvalue weighted by molar-refractivity contribution is 5.73. The van der Waals surface area contributed by atoms with Crippen LogP contribution in [0.3, 0.4) is 0 Å². The molecule has 0 unspecified atom stereocenters. The van der Waals surface area contributed by atoms with E-state index in [9.17, 15) is 18.0 Å². The third-order valence-electron chi connectivity index (χ3n) is 4.30. The largest absolute Gasteiger partial charge is 0.481 e. The van der Waals surface area contributed by atoms with E-state index in [0.717, 1.165) is 11.1 Å². The highest BCUT2D eigenvalue weighted by Crippen LogP contribution is 2.29. The van der Waals surface area contributed by atoms with Crippen molar-refractivity contribution in [2.24, 2.45) is 5.41 Å². The van der Waals surface area contributed by atoms with Gasteiger partial charge in [-0.3, -0.25) is 14.9 Å². The zero-order valence-electron chi connectivity index (χ0n) is 16.3. The number of nitrogens with zero attached hydrogens (tertiary/aromatic N) is 4. The van der Waals surface area contributed by atoms with Crippen LogP contribution in [0.4, 0.5) is 13.2 Å². The van der Waals surface area contributed by atoms with E-state index in [4.69, 9.17) is 9.84 Å². The summed E-state index contributed by atoms with van der Waals surface area (Å²) in [4.78, 5) is 22.9. The van der Waals surface area contributed by atoms with Gasteiger partial charge in [0.1, 0.15) is 12.3 Å². The molecule has 0 aliphatic rings. The van der Waals surface area contributed by atoms with E-state index in [1.54, 1.807) is 32.2 Å². The third kappa shape index (κ3) is 4.56. The summed E-state index contributed by atoms with van der Waals surface area (Å²) >= 11 is 0. The van der Waals surface area contributed by atoms with Gasteiger partial charge in [-0.1, -0.05) is 6.07 Å². The van der Waals surface area contributed by atoms with E-state index in [2.05, 4.69) is 20.1 Å². The van der Waals surface area contributed by atoms with Crippen LogP contribution >= 0.6 is 0 Å². The zero-order valence-corrected chi connectivity index (χ0v) is 16.3. The highest BCUT2D eigenvalue weighted by Gasteiger charge is 2.35. The van der Waals surface area contributed by atoms with Crippen LogP contribution in [0.5, 0.6) is 5.88 Å². The van der Waals surface area contributed by atoms with Crippen LogP contribution in [-0.4, -0.2) is 42.8 Å². The summed E-state index contributed by atoms with van der Waals surface area (Å²) in [6, 6.07) is 4.86. The average molecular weight is 421 g/mol. The van der Waals surface area contributed by atoms with Crippen LogP contribution in [0.25, 0.3) is 22.6 Å². The molecule has 0 amide bonds. The highest BCUT2D eigenvalue weighted by atomic mass is 19.4. The van der Waals surface area contributed by atoms with Crippen molar-refractivity contribution < 1.29 is 27.8 Å². The van der Waals surface area contributed by atoms with Gasteiger partial charge in [0.2, 0.25) is 11.7 Å². The van der Waals surface area contributed by atoms with Gasteiger partial charge in [-0.25, -0.2) is 9.97 Å². The molecule has 0 aliphatic heterocycles. The lowest BCUT2D eigenvalue weighted by molar-refractivity contribution is -0.148. The van der Waals surface area contributed by atoms with Crippen molar-refractivity contribution >= 4 is 5.97 Å². The number of hydrogen-bond acceptors (Lipinski definition) is 6. The van der Waals surface area contributed by atoms with Crippen molar-refractivity contribution in [1.29, 1.82) is 0 Å². The lowest BCUT2D eigenvalue weighted by Gasteiger charge is -2.19. The Balaban J connectivity index is 1.76. The SMILES string of the molecule is Cc1cc(OCC(C)(C)C(=O)O)ncc1-c1ccc(-c2n[nH]c(C(F)(F)F)n2)nc1. The molecular weight excluding hydrogens is 403 g/mol. The molecule has 0 saturated heterocycles. The summed E-state index contributed by atoms with van der Waals surface area (Å²) in [5.74, 6) is -2.04. The van der Waals surface area contributed by atoms with E-state index in [1.807, 2.05) is 12.0 Å². The monoisotopic (exact) mass is 421 g/mol. The number of pyridine rings is 2. The van der Waals surface area contributed by atoms with Crippen molar-refractivity contribution in [1.82, 2.24) is 25.1 Å². The van der Waals surface area contributed by atoms with Gasteiger partial charge in [0.25, 0.3) is 0 Å². The summed E-state index contributed by atoms with van der Waals surface area (Å²) in [5.41, 5.74) is 1.37. The molecular formula is C19H18F3N5O3. The van der Waals surface area contributed by atoms with Gasteiger partial charge < -0.3 is 9.84 Å². The predicted octanol–water partition coefficient (Wildman–Crippen LogP) is 3.75. The number of aromatic amines is 1. The summed E-state index contributed by atoms with van der Waals surface area (Å²) in [6.07, 6.45) is -1.57. The molecule has 0 saturated carbocycles. The van der Waals surface area contributed by atoms with Crippen molar-refractivity contribution in [3.05, 3.63) is 42.0 Å². The lowest BCUT2D eigenvalue weighted by Crippen LogP contribution is -2.30. The fraction of sp³-hybridized carbons (Fsp3) is 0.316. The maximum Gasteiger partial charge on any atom is 0.451 e. The molecule has 0 bridgehead atoms. The minimum absolute atomic E-state index is 0.0407. The zero-order chi connectivity index (χ0) is 22.1. The molecule has 0 spiro atoms. The smallest absolute Gasteiger partial charge is 0.451 e. The Labute approximate surface area is 169 Å². The van der Waals surface area contributed by atoms with Gasteiger partial charge in [-0.05, 0) is 32.4 Å². The number of aryl methyl sites for hydroxylation is 1. The van der Waals surface area contributed by atoms with Crippen LogP contribution in [0.2, 0.25) is 0 Å². The molecule has 0 aliphatic carbocycles. The van der Waals surface area contributed by atoms with Gasteiger partial charge in [0, 0.05) is 29.6 Å². The van der Waals surface area contributed by atoms with Gasteiger partial charge in [-0.2, -0.15) is 18.3 Å². The number of nitrogens with one attached hydrogen (secondary N) is 1. The molecule has 0 fully saturated rings. The molecule has 2 N–H and O–H groups in total. The maximum absolute atomic E-state index is 12.6. The lowest BCUT2D eigenvalue weighted by atomic mass is 9.95. The van der Waals surface area contributed by atoms with E-state index in [-0.39, 0.29) is 24.0 Å². The van der Waals surface area contributed by atoms with E-state index in [0.29, 0.717) is 5.56 Å². The normalized spacial score (nSPS) is 12.1. The van der Waals surface area contributed by atoms with E-state index >= 15 is 0 Å². The first-order chi connectivity index (χ1) is 14.0. The molecule has 3 heterocycles. The molecule has 0 aromatic carbocycles. The van der Waals surface area contributed by atoms with Crippen molar-refractivity contribution in [2.75, 3.05) is 6.61 Å². The fourth-order valence-electron chi connectivity index (χ4n) is 2.42. The standard InChI is InChI=1S/C19H18F3N5O3/c1-10-6-14(30-9-18(2,3)17(28)29)24-8-12(10)11-4-5-13(23-7-11)15-25-16(27-26-15)19(20,21)22/h4-8H,9H2,1-3H3,(H,28,29)(H,25,26,27). The molecule has 158 valence electrons. The number of H-pyrrole nitrogens is 1. The summed E-state index contributed by atoms with van der Waals surface area (Å²) in [6.45, 7) is 4.89. The average Bonchev–Trinajstić information content (AvgIpc) is 3.17. The third-order valence-corrected chi connectivity index (χ3v) is 4.30. The minimum Gasteiger partial charge on any atom is -0.481 e. The molecule has 3 rings (SSSR count). The number of carbonyl (C=O) groups is 1. The fourth-order valence-corrected chi connectivity index (χ4v) is 2.42. The first kappa shape index (κ1) is 21.2. The number of rotatable bonds is 6. The Morgan fingerprint density at radius 2 is 1.93 bits per heavy atom. The second kappa shape index (κ2) is 7.73. The number of halogens is 3. The second-order valence-corrected chi connectivity index (χ2v) is 7.25. The summed E-state index contributed by atoms with van der Waals surface area (Å²) < 4.78 is 43.4. The number of carboxylic acids is 1. The van der Waals surface area contributed by atoms with E-state index in [1.165, 1.54) is 12.3 Å². The Bertz CT molecular complexity index is 1060. The Morgan fingerprint density at radius 3 is 2.47 bits per heavy atom. The van der Waals surface area contributed by atoms with Gasteiger partial charge in [-0.15, -0.1) is 0 Å². The molecule has 8 nitrogen and oxygen atoms in total. The molecule has 11 heteroatoms. The predicted molar refractivity (Wildman–Crippen MR) is 99.5 cm³/mol. The Kier molecular flexibility index (Phi) is 5.47. The van der Waals surface area contributed by atoms with Crippen molar-refractivity contribution in [3.8, 4) is 28.5 Å². The van der Waals surface area contributed by atoms with Crippen molar-refractivity contribution in [2.45, 2.75) is 26.9 Å². The van der Waals surface area contributed by atoms with E-state index < -0.39 is 23.4 Å². The van der Waals surface area contributed by atoms with Crippen LogP contribution < -0.4 is 4.74 Å². The second-order valence-electron chi connectivity index (χ2n) is 7.25. The minimum atomic E-state index is -4.61. The molecule has 3 aromatic heterocycles. The number of carboxylic acid groups (broad SMARTS) is 1. The number of alkyl halides is 3. The summed E-state index contributed by atoms with van der Waals surface area (Å²) in [7, 11) is 0. The van der Waals surface area contributed by atoms with Crippen molar-refractivity contribution in [3.63, 3.8) is 0 Å². The molecule has 0 atom stereocenters. The number of ether oxygens (including phenoxy) is 1. The van der Waals surface area contributed by atoms with Gasteiger partial charge in [0.05, 0.1) is 5.41 Å². The Hall–Kier alpha value is -3.50. The molecule has 0 radical (unpaired) electrons. The molecule has 30 heavy (non-hydrogen) atoms. The topological polar surface area (TPSA) is 114 Å². The van der Waals surface area contributed by atoms with Crippen LogP contribution in [0.15, 0.2) is 30.6 Å². The van der Waals surface area contributed by atoms with Crippen LogP contribution in [0, 0.1) is 12.3 Å². The number of hydrogen-bond donors (Lipinski definition) is 2. The van der Waals surface area contributed by atoms with Crippen LogP contribution in [-0.2, 0) is 11.0 Å². The first-order valence-electron chi connectivity index (χ1n) is 8.76. The number of aromatic nitrogens is 5.